The molecule has 0 aromatic heterocycles. The molecule has 0 fully saturated rings. The van der Waals surface area contributed by atoms with Crippen molar-refractivity contribution in [3.63, 3.8) is 0 Å². The molecule has 1 aromatic rings. The van der Waals surface area contributed by atoms with E-state index in [0.29, 0.717) is 0 Å². The van der Waals surface area contributed by atoms with Crippen LogP contribution in [0, 0.1) is 0 Å². The van der Waals surface area contributed by atoms with Gasteiger partial charge in [0.2, 0.25) is 0 Å². The lowest BCUT2D eigenvalue weighted by Crippen LogP contribution is -1.91. The molecular weight excluding hydrogens is 262 g/mol. The summed E-state index contributed by atoms with van der Waals surface area (Å²) in [6, 6.07) is 7.56. The molecule has 0 aliphatic carbocycles. The van der Waals surface area contributed by atoms with Crippen LogP contribution in [-0.4, -0.2) is 17.5 Å². The van der Waals surface area contributed by atoms with Crippen molar-refractivity contribution in [3.8, 4) is 0 Å². The SMILES string of the molecule is Nc1cccc(Br)c1.O=S(=O)([O-])[O-]. The molecule has 0 saturated heterocycles. The standard InChI is InChI=1S/C6H6BrN.H2O4S/c7-5-2-1-3-6(8)4-5;1-5(2,3)4/h1-4H,8H2;(H2,1,2,3,4)/p-2. The predicted octanol–water partition coefficient (Wildman–Crippen LogP) is 0.693. The highest BCUT2D eigenvalue weighted by Crippen LogP contribution is 2.11. The third-order valence-corrected chi connectivity index (χ3v) is 1.34. The Hall–Kier alpha value is -0.630. The van der Waals surface area contributed by atoms with E-state index in [9.17, 15) is 0 Å². The highest BCUT2D eigenvalue weighted by atomic mass is 79.9. The molecule has 0 saturated carbocycles. The van der Waals surface area contributed by atoms with E-state index in [1.807, 2.05) is 24.3 Å². The van der Waals surface area contributed by atoms with Gasteiger partial charge in [0.25, 0.3) is 0 Å². The molecule has 7 heteroatoms. The maximum atomic E-state index is 8.52. The molecule has 74 valence electrons. The summed E-state index contributed by atoms with van der Waals surface area (Å²) in [5.74, 6) is 0. The summed E-state index contributed by atoms with van der Waals surface area (Å²) in [5.41, 5.74) is 6.22. The first-order chi connectivity index (χ1) is 5.79. The van der Waals surface area contributed by atoms with Crippen molar-refractivity contribution in [1.82, 2.24) is 0 Å². The number of nitrogen functional groups attached to an aromatic ring is 1. The van der Waals surface area contributed by atoms with Crippen LogP contribution in [0.25, 0.3) is 0 Å². The van der Waals surface area contributed by atoms with Gasteiger partial charge >= 0.3 is 0 Å². The van der Waals surface area contributed by atoms with Gasteiger partial charge in [0, 0.05) is 20.6 Å². The van der Waals surface area contributed by atoms with Crippen LogP contribution in [0.15, 0.2) is 28.7 Å². The molecule has 0 heterocycles. The van der Waals surface area contributed by atoms with Crippen molar-refractivity contribution in [2.45, 2.75) is 0 Å². The zero-order valence-corrected chi connectivity index (χ0v) is 8.71. The molecule has 0 radical (unpaired) electrons. The minimum absolute atomic E-state index is 0.791. The summed E-state index contributed by atoms with van der Waals surface area (Å²) >= 11 is 3.28. The first-order valence-corrected chi connectivity index (χ1v) is 5.09. The zero-order valence-electron chi connectivity index (χ0n) is 6.31. The quantitative estimate of drug-likeness (QED) is 0.423. The predicted molar refractivity (Wildman–Crippen MR) is 49.0 cm³/mol. The van der Waals surface area contributed by atoms with Crippen molar-refractivity contribution < 1.29 is 17.5 Å². The molecule has 0 spiro atoms. The van der Waals surface area contributed by atoms with Crippen LogP contribution in [0.1, 0.15) is 0 Å². The fourth-order valence-corrected chi connectivity index (χ4v) is 0.924. The molecule has 0 atom stereocenters. The summed E-state index contributed by atoms with van der Waals surface area (Å²) in [7, 11) is -5.17. The molecule has 0 aliphatic heterocycles. The molecule has 0 amide bonds. The third kappa shape index (κ3) is 11.4. The van der Waals surface area contributed by atoms with Crippen molar-refractivity contribution >= 4 is 32.0 Å². The molecular formula is C6H6BrNO4S-2. The van der Waals surface area contributed by atoms with E-state index in [4.69, 9.17) is 23.3 Å². The Bertz CT molecular complexity index is 339. The van der Waals surface area contributed by atoms with E-state index in [2.05, 4.69) is 15.9 Å². The third-order valence-electron chi connectivity index (χ3n) is 0.849. The topological polar surface area (TPSA) is 106 Å². The van der Waals surface area contributed by atoms with Gasteiger partial charge in [-0.05, 0) is 18.2 Å². The number of rotatable bonds is 0. The van der Waals surface area contributed by atoms with Crippen LogP contribution in [-0.2, 0) is 10.4 Å². The molecule has 0 unspecified atom stereocenters. The van der Waals surface area contributed by atoms with Crippen LogP contribution in [0.5, 0.6) is 0 Å². The average molecular weight is 268 g/mol. The second kappa shape index (κ2) is 5.18. The van der Waals surface area contributed by atoms with Gasteiger partial charge < -0.3 is 14.8 Å². The maximum Gasteiger partial charge on any atom is 0.0325 e. The molecule has 5 nitrogen and oxygen atoms in total. The lowest BCUT2D eigenvalue weighted by molar-refractivity contribution is 0.352. The Morgan fingerprint density at radius 2 is 1.77 bits per heavy atom. The molecule has 1 rings (SSSR count). The number of anilines is 1. The maximum absolute atomic E-state index is 8.52. The highest BCUT2D eigenvalue weighted by molar-refractivity contribution is 9.10. The van der Waals surface area contributed by atoms with E-state index in [1.165, 1.54) is 0 Å². The first kappa shape index (κ1) is 12.4. The molecule has 1 aromatic carbocycles. The van der Waals surface area contributed by atoms with Gasteiger partial charge in [-0.15, -0.1) is 0 Å². The summed E-state index contributed by atoms with van der Waals surface area (Å²) in [6.45, 7) is 0. The minimum atomic E-state index is -5.17. The number of hydrogen-bond donors (Lipinski definition) is 1. The van der Waals surface area contributed by atoms with Gasteiger partial charge in [0.15, 0.2) is 0 Å². The smallest absolute Gasteiger partial charge is 0.0325 e. The second-order valence-electron chi connectivity index (χ2n) is 1.96. The molecule has 2 N–H and O–H groups in total. The van der Waals surface area contributed by atoms with E-state index < -0.39 is 10.4 Å². The fraction of sp³-hybridized carbons (Fsp3) is 0. The number of halogens is 1. The summed E-state index contributed by atoms with van der Waals surface area (Å²) in [4.78, 5) is 0. The van der Waals surface area contributed by atoms with Crippen LogP contribution in [0.2, 0.25) is 0 Å². The van der Waals surface area contributed by atoms with Crippen molar-refractivity contribution in [3.05, 3.63) is 28.7 Å². The molecule has 0 aliphatic rings. The van der Waals surface area contributed by atoms with Crippen LogP contribution in [0.3, 0.4) is 0 Å². The van der Waals surface area contributed by atoms with Crippen molar-refractivity contribution in [2.24, 2.45) is 0 Å². The molecule has 13 heavy (non-hydrogen) atoms. The van der Waals surface area contributed by atoms with Gasteiger partial charge in [0.1, 0.15) is 0 Å². The number of nitrogens with two attached hydrogens (primary N) is 1. The Morgan fingerprint density at radius 3 is 2.00 bits per heavy atom. The van der Waals surface area contributed by atoms with Crippen molar-refractivity contribution in [1.29, 1.82) is 0 Å². The second-order valence-corrected chi connectivity index (χ2v) is 3.70. The van der Waals surface area contributed by atoms with Crippen LogP contribution >= 0.6 is 15.9 Å². The van der Waals surface area contributed by atoms with Gasteiger partial charge in [-0.3, -0.25) is 8.42 Å². The van der Waals surface area contributed by atoms with E-state index in [0.717, 1.165) is 10.2 Å². The van der Waals surface area contributed by atoms with Crippen LogP contribution < -0.4 is 5.73 Å². The minimum Gasteiger partial charge on any atom is -0.759 e. The number of hydrogen-bond acceptors (Lipinski definition) is 5. The van der Waals surface area contributed by atoms with E-state index in [-0.39, 0.29) is 0 Å². The highest BCUT2D eigenvalue weighted by Gasteiger charge is 1.82. The van der Waals surface area contributed by atoms with Gasteiger partial charge in [0.05, 0.1) is 0 Å². The normalized spacial score (nSPS) is 10.1. The summed E-state index contributed by atoms with van der Waals surface area (Å²) in [5, 5.41) is 0. The lowest BCUT2D eigenvalue weighted by atomic mass is 10.3. The number of benzene rings is 1. The zero-order chi connectivity index (χ0) is 10.5. The average Bonchev–Trinajstić information content (AvgIpc) is 1.81. The first-order valence-electron chi connectivity index (χ1n) is 2.97. The Kier molecular flexibility index (Phi) is 4.92. The Balaban J connectivity index is 0.000000252. The Morgan fingerprint density at radius 1 is 1.31 bits per heavy atom. The van der Waals surface area contributed by atoms with Crippen LogP contribution in [0.4, 0.5) is 5.69 Å². The fourth-order valence-electron chi connectivity index (χ4n) is 0.507. The van der Waals surface area contributed by atoms with Gasteiger partial charge in [-0.1, -0.05) is 22.0 Å². The summed E-state index contributed by atoms with van der Waals surface area (Å²) < 4.78 is 35.1. The Labute approximate surface area is 84.3 Å². The van der Waals surface area contributed by atoms with Gasteiger partial charge in [-0.25, -0.2) is 0 Å². The monoisotopic (exact) mass is 267 g/mol. The van der Waals surface area contributed by atoms with E-state index >= 15 is 0 Å². The van der Waals surface area contributed by atoms with Crippen molar-refractivity contribution in [2.75, 3.05) is 5.73 Å². The van der Waals surface area contributed by atoms with Gasteiger partial charge in [-0.2, -0.15) is 0 Å². The summed E-state index contributed by atoms with van der Waals surface area (Å²) in [6.07, 6.45) is 0. The van der Waals surface area contributed by atoms with E-state index in [1.54, 1.807) is 0 Å². The lowest BCUT2D eigenvalue weighted by Gasteiger charge is -2.06. The molecule has 0 bridgehead atoms. The largest absolute Gasteiger partial charge is 0.759 e.